The van der Waals surface area contributed by atoms with Gasteiger partial charge in [-0.3, -0.25) is 14.4 Å². The molecular formula is C20H23FN3O3+. The Kier molecular flexibility index (Phi) is 6.79. The maximum Gasteiger partial charge on any atom is 0.282 e. The summed E-state index contributed by atoms with van der Waals surface area (Å²) in [5.41, 5.74) is 1.54. The molecule has 142 valence electrons. The van der Waals surface area contributed by atoms with Gasteiger partial charge in [0, 0.05) is 16.9 Å². The van der Waals surface area contributed by atoms with E-state index in [0.29, 0.717) is 21.8 Å². The van der Waals surface area contributed by atoms with E-state index in [-0.39, 0.29) is 30.0 Å². The summed E-state index contributed by atoms with van der Waals surface area (Å²) in [4.78, 5) is 36.7. The van der Waals surface area contributed by atoms with Crippen molar-refractivity contribution >= 4 is 29.0 Å². The monoisotopic (exact) mass is 372 g/mol. The van der Waals surface area contributed by atoms with E-state index in [2.05, 4.69) is 10.6 Å². The van der Waals surface area contributed by atoms with Gasteiger partial charge in [-0.2, -0.15) is 0 Å². The van der Waals surface area contributed by atoms with Gasteiger partial charge in [0.2, 0.25) is 0 Å². The smallest absolute Gasteiger partial charge is 0.282 e. The summed E-state index contributed by atoms with van der Waals surface area (Å²) in [5, 5.41) is 5.43. The minimum atomic E-state index is -0.495. The molecule has 7 heteroatoms. The van der Waals surface area contributed by atoms with Crippen molar-refractivity contribution in [3.05, 3.63) is 59.9 Å². The largest absolute Gasteiger partial charge is 0.321 e. The molecule has 0 spiro atoms. The SMILES string of the molecule is CC(=O)c1cccc(NC(=O)[C@H](C)[NH+](C)CC(=O)Nc2ccc(F)cc2)c1. The van der Waals surface area contributed by atoms with Crippen molar-refractivity contribution in [2.24, 2.45) is 0 Å². The Morgan fingerprint density at radius 2 is 1.70 bits per heavy atom. The van der Waals surface area contributed by atoms with Crippen LogP contribution in [0.2, 0.25) is 0 Å². The number of hydrogen-bond donors (Lipinski definition) is 3. The van der Waals surface area contributed by atoms with Crippen LogP contribution in [-0.2, 0) is 9.59 Å². The minimum absolute atomic E-state index is 0.0689. The molecule has 0 saturated heterocycles. The van der Waals surface area contributed by atoms with Crippen LogP contribution in [-0.4, -0.2) is 37.2 Å². The molecule has 0 heterocycles. The summed E-state index contributed by atoms with van der Waals surface area (Å²) in [6.07, 6.45) is 0. The van der Waals surface area contributed by atoms with Gasteiger partial charge in [0.1, 0.15) is 5.82 Å². The van der Waals surface area contributed by atoms with Crippen LogP contribution >= 0.6 is 0 Å². The van der Waals surface area contributed by atoms with Crippen molar-refractivity contribution in [3.63, 3.8) is 0 Å². The molecule has 0 aliphatic heterocycles. The molecule has 3 N–H and O–H groups in total. The number of carbonyl (C=O) groups excluding carboxylic acids is 3. The predicted octanol–water partition coefficient (Wildman–Crippen LogP) is 1.51. The number of quaternary nitrogens is 1. The Hall–Kier alpha value is -3.06. The van der Waals surface area contributed by atoms with Crippen molar-refractivity contribution in [1.29, 1.82) is 0 Å². The third-order valence-corrected chi connectivity index (χ3v) is 4.24. The molecule has 6 nitrogen and oxygen atoms in total. The first-order valence-electron chi connectivity index (χ1n) is 8.56. The van der Waals surface area contributed by atoms with Gasteiger partial charge >= 0.3 is 0 Å². The summed E-state index contributed by atoms with van der Waals surface area (Å²) in [6.45, 7) is 3.24. The highest BCUT2D eigenvalue weighted by Gasteiger charge is 2.24. The van der Waals surface area contributed by atoms with Gasteiger partial charge in [-0.25, -0.2) is 4.39 Å². The molecule has 0 bridgehead atoms. The van der Waals surface area contributed by atoms with Crippen LogP contribution in [0, 0.1) is 5.82 Å². The molecule has 2 amide bonds. The molecule has 0 aromatic heterocycles. The van der Waals surface area contributed by atoms with Crippen LogP contribution in [0.5, 0.6) is 0 Å². The van der Waals surface area contributed by atoms with Crippen molar-refractivity contribution in [3.8, 4) is 0 Å². The lowest BCUT2D eigenvalue weighted by atomic mass is 10.1. The van der Waals surface area contributed by atoms with E-state index in [9.17, 15) is 18.8 Å². The molecule has 27 heavy (non-hydrogen) atoms. The van der Waals surface area contributed by atoms with E-state index in [1.165, 1.54) is 31.2 Å². The number of likely N-dealkylation sites (N-methyl/N-ethyl adjacent to an activating group) is 1. The second-order valence-corrected chi connectivity index (χ2v) is 6.43. The molecule has 2 rings (SSSR count). The van der Waals surface area contributed by atoms with Gasteiger partial charge in [0.15, 0.2) is 18.4 Å². The van der Waals surface area contributed by atoms with Crippen molar-refractivity contribution in [2.75, 3.05) is 24.2 Å². The number of rotatable bonds is 7. The average molecular weight is 372 g/mol. The number of ketones is 1. The highest BCUT2D eigenvalue weighted by molar-refractivity contribution is 5.98. The lowest BCUT2D eigenvalue weighted by Crippen LogP contribution is -3.14. The zero-order valence-electron chi connectivity index (χ0n) is 15.5. The molecule has 0 fully saturated rings. The first-order valence-corrected chi connectivity index (χ1v) is 8.56. The van der Waals surface area contributed by atoms with Gasteiger partial charge in [0.25, 0.3) is 11.8 Å². The first kappa shape index (κ1) is 20.3. The third-order valence-electron chi connectivity index (χ3n) is 4.24. The number of carbonyl (C=O) groups is 3. The first-order chi connectivity index (χ1) is 12.8. The topological polar surface area (TPSA) is 79.7 Å². The zero-order valence-corrected chi connectivity index (χ0v) is 15.5. The number of Topliss-reactive ketones (excluding diaryl/α,β-unsaturated/α-hetero) is 1. The fraction of sp³-hybridized carbons (Fsp3) is 0.250. The predicted molar refractivity (Wildman–Crippen MR) is 101 cm³/mol. The van der Waals surface area contributed by atoms with Crippen molar-refractivity contribution in [1.82, 2.24) is 0 Å². The van der Waals surface area contributed by atoms with Crippen LogP contribution in [0.25, 0.3) is 0 Å². The Balaban J connectivity index is 1.91. The molecule has 2 atom stereocenters. The molecule has 2 aromatic carbocycles. The van der Waals surface area contributed by atoms with Crippen molar-refractivity contribution < 1.29 is 23.7 Å². The molecule has 0 saturated carbocycles. The number of halogens is 1. The van der Waals surface area contributed by atoms with E-state index >= 15 is 0 Å². The molecular weight excluding hydrogens is 349 g/mol. The number of benzene rings is 2. The van der Waals surface area contributed by atoms with Gasteiger partial charge in [0.05, 0.1) is 7.05 Å². The summed E-state index contributed by atoms with van der Waals surface area (Å²) >= 11 is 0. The van der Waals surface area contributed by atoms with E-state index in [1.54, 1.807) is 38.2 Å². The molecule has 0 aliphatic rings. The van der Waals surface area contributed by atoms with E-state index < -0.39 is 6.04 Å². The van der Waals surface area contributed by atoms with Gasteiger partial charge in [-0.15, -0.1) is 0 Å². The number of anilines is 2. The summed E-state index contributed by atoms with van der Waals surface area (Å²) in [5.74, 6) is -1.01. The lowest BCUT2D eigenvalue weighted by Gasteiger charge is -2.20. The fourth-order valence-corrected chi connectivity index (χ4v) is 2.43. The van der Waals surface area contributed by atoms with E-state index in [0.717, 1.165) is 0 Å². The van der Waals surface area contributed by atoms with Crippen LogP contribution in [0.4, 0.5) is 15.8 Å². The maximum absolute atomic E-state index is 12.9. The number of hydrogen-bond acceptors (Lipinski definition) is 3. The minimum Gasteiger partial charge on any atom is -0.321 e. The summed E-state index contributed by atoms with van der Waals surface area (Å²) in [6, 6.07) is 11.7. The number of nitrogens with one attached hydrogen (secondary N) is 3. The second-order valence-electron chi connectivity index (χ2n) is 6.43. The van der Waals surface area contributed by atoms with Gasteiger partial charge in [-0.05, 0) is 50.2 Å². The quantitative estimate of drug-likeness (QED) is 0.645. The molecule has 0 radical (unpaired) electrons. The summed E-state index contributed by atoms with van der Waals surface area (Å²) < 4.78 is 12.9. The van der Waals surface area contributed by atoms with Gasteiger partial charge < -0.3 is 15.5 Å². The molecule has 1 unspecified atom stereocenters. The van der Waals surface area contributed by atoms with Crippen LogP contribution in [0.15, 0.2) is 48.5 Å². The standard InChI is InChI=1S/C20H22FN3O3/c1-13(20(27)23-18-6-4-5-15(11-18)14(2)25)24(3)12-19(26)22-17-9-7-16(21)8-10-17/h4-11,13H,12H2,1-3H3,(H,22,26)(H,23,27)/p+1/t13-/m0/s1. The second kappa shape index (κ2) is 9.05. The average Bonchev–Trinajstić information content (AvgIpc) is 2.63. The lowest BCUT2D eigenvalue weighted by molar-refractivity contribution is -0.885. The molecule has 0 aliphatic carbocycles. The highest BCUT2D eigenvalue weighted by Crippen LogP contribution is 2.11. The third kappa shape index (κ3) is 6.00. The Bertz CT molecular complexity index is 837. The highest BCUT2D eigenvalue weighted by atomic mass is 19.1. The normalized spacial score (nSPS) is 12.7. The zero-order chi connectivity index (χ0) is 20.0. The fourth-order valence-electron chi connectivity index (χ4n) is 2.43. The van der Waals surface area contributed by atoms with Crippen LogP contribution in [0.3, 0.4) is 0 Å². The Morgan fingerprint density at radius 1 is 1.04 bits per heavy atom. The van der Waals surface area contributed by atoms with E-state index in [1.807, 2.05) is 0 Å². The Morgan fingerprint density at radius 3 is 2.33 bits per heavy atom. The number of amides is 2. The Labute approximate surface area is 157 Å². The van der Waals surface area contributed by atoms with Crippen LogP contribution in [0.1, 0.15) is 24.2 Å². The van der Waals surface area contributed by atoms with Crippen molar-refractivity contribution in [2.45, 2.75) is 19.9 Å². The summed E-state index contributed by atoms with van der Waals surface area (Å²) in [7, 11) is 1.74. The van der Waals surface area contributed by atoms with Crippen LogP contribution < -0.4 is 15.5 Å². The molecule has 2 aromatic rings. The van der Waals surface area contributed by atoms with E-state index in [4.69, 9.17) is 0 Å². The van der Waals surface area contributed by atoms with Gasteiger partial charge in [-0.1, -0.05) is 12.1 Å². The maximum atomic E-state index is 12.9.